The fourth-order valence-electron chi connectivity index (χ4n) is 2.79. The van der Waals surface area contributed by atoms with E-state index in [9.17, 15) is 0 Å². The molecule has 1 heterocycles. The van der Waals surface area contributed by atoms with Crippen molar-refractivity contribution < 1.29 is 0 Å². The Balaban J connectivity index is 1.91. The Labute approximate surface area is 103 Å². The van der Waals surface area contributed by atoms with Crippen molar-refractivity contribution in [2.45, 2.75) is 51.9 Å². The molecule has 2 rings (SSSR count). The summed E-state index contributed by atoms with van der Waals surface area (Å²) < 4.78 is 0. The molecule has 0 bridgehead atoms. The van der Waals surface area contributed by atoms with E-state index in [1.165, 1.54) is 25.7 Å². The summed E-state index contributed by atoms with van der Waals surface area (Å²) in [6.07, 6.45) is 5.92. The third-order valence-electron chi connectivity index (χ3n) is 4.01. The van der Waals surface area contributed by atoms with Crippen LogP contribution in [0.15, 0.2) is 0 Å². The van der Waals surface area contributed by atoms with Crippen LogP contribution >= 0.6 is 0 Å². The standard InChI is InChI=1S/C13H24N4/c1-9(2)10-3-5-11(6-4-10)13-15-12(7-8-14)16-17-13/h9-11H,3-8,14H2,1-2H3,(H,15,16,17). The Hall–Kier alpha value is -0.900. The van der Waals surface area contributed by atoms with Gasteiger partial charge in [0.1, 0.15) is 5.82 Å². The number of hydrogen-bond donors (Lipinski definition) is 2. The highest BCUT2D eigenvalue weighted by molar-refractivity contribution is 5.00. The van der Waals surface area contributed by atoms with Crippen LogP contribution in [-0.2, 0) is 6.42 Å². The van der Waals surface area contributed by atoms with Crippen LogP contribution in [-0.4, -0.2) is 21.7 Å². The van der Waals surface area contributed by atoms with Crippen molar-refractivity contribution in [3.63, 3.8) is 0 Å². The second kappa shape index (κ2) is 5.63. The number of nitrogens with zero attached hydrogens (tertiary/aromatic N) is 2. The third-order valence-corrected chi connectivity index (χ3v) is 4.01. The first-order valence-electron chi connectivity index (χ1n) is 6.82. The molecule has 1 aromatic rings. The van der Waals surface area contributed by atoms with E-state index in [2.05, 4.69) is 29.0 Å². The molecule has 0 unspecified atom stereocenters. The van der Waals surface area contributed by atoms with Gasteiger partial charge < -0.3 is 5.73 Å². The van der Waals surface area contributed by atoms with Crippen molar-refractivity contribution in [3.05, 3.63) is 11.6 Å². The summed E-state index contributed by atoms with van der Waals surface area (Å²) in [5.41, 5.74) is 5.51. The van der Waals surface area contributed by atoms with Gasteiger partial charge >= 0.3 is 0 Å². The predicted molar refractivity (Wildman–Crippen MR) is 68.7 cm³/mol. The molecule has 3 N–H and O–H groups in total. The van der Waals surface area contributed by atoms with E-state index in [1.54, 1.807) is 0 Å². The highest BCUT2D eigenvalue weighted by atomic mass is 15.2. The summed E-state index contributed by atoms with van der Waals surface area (Å²) >= 11 is 0. The summed E-state index contributed by atoms with van der Waals surface area (Å²) in [5.74, 6) is 4.22. The zero-order valence-electron chi connectivity index (χ0n) is 10.9. The van der Waals surface area contributed by atoms with Crippen LogP contribution in [0.25, 0.3) is 0 Å². The number of rotatable bonds is 4. The van der Waals surface area contributed by atoms with Gasteiger partial charge in [-0.15, -0.1) is 0 Å². The molecule has 0 spiro atoms. The van der Waals surface area contributed by atoms with Crippen molar-refractivity contribution in [2.24, 2.45) is 17.6 Å². The largest absolute Gasteiger partial charge is 0.330 e. The fourth-order valence-corrected chi connectivity index (χ4v) is 2.79. The van der Waals surface area contributed by atoms with E-state index < -0.39 is 0 Å². The summed E-state index contributed by atoms with van der Waals surface area (Å²) in [4.78, 5) is 4.55. The Morgan fingerprint density at radius 3 is 2.59 bits per heavy atom. The zero-order chi connectivity index (χ0) is 12.3. The molecule has 0 saturated heterocycles. The Morgan fingerprint density at radius 2 is 2.00 bits per heavy atom. The maximum Gasteiger partial charge on any atom is 0.153 e. The summed E-state index contributed by atoms with van der Waals surface area (Å²) in [6.45, 7) is 5.29. The van der Waals surface area contributed by atoms with Gasteiger partial charge in [0.2, 0.25) is 0 Å². The number of hydrogen-bond acceptors (Lipinski definition) is 3. The molecular weight excluding hydrogens is 212 g/mol. The van der Waals surface area contributed by atoms with Crippen molar-refractivity contribution in [3.8, 4) is 0 Å². The van der Waals surface area contributed by atoms with Crippen LogP contribution in [0.1, 0.15) is 57.1 Å². The van der Waals surface area contributed by atoms with E-state index in [4.69, 9.17) is 5.73 Å². The SMILES string of the molecule is CC(C)C1CCC(c2n[nH]c(CCN)n2)CC1. The van der Waals surface area contributed by atoms with Crippen LogP contribution in [0.5, 0.6) is 0 Å². The van der Waals surface area contributed by atoms with E-state index in [1.807, 2.05) is 0 Å². The molecule has 0 atom stereocenters. The van der Waals surface area contributed by atoms with Gasteiger partial charge in [-0.05, 0) is 44.1 Å². The van der Waals surface area contributed by atoms with E-state index in [-0.39, 0.29) is 0 Å². The molecule has 1 aliphatic carbocycles. The molecule has 0 amide bonds. The number of H-pyrrole nitrogens is 1. The molecule has 0 aromatic carbocycles. The fraction of sp³-hybridized carbons (Fsp3) is 0.846. The van der Waals surface area contributed by atoms with Gasteiger partial charge in [0, 0.05) is 12.3 Å². The van der Waals surface area contributed by atoms with Crippen molar-refractivity contribution >= 4 is 0 Å². The highest BCUT2D eigenvalue weighted by Crippen LogP contribution is 2.37. The van der Waals surface area contributed by atoms with Crippen molar-refractivity contribution in [1.29, 1.82) is 0 Å². The van der Waals surface area contributed by atoms with E-state index in [0.29, 0.717) is 12.5 Å². The highest BCUT2D eigenvalue weighted by Gasteiger charge is 2.26. The molecular formula is C13H24N4. The van der Waals surface area contributed by atoms with Gasteiger partial charge in [-0.3, -0.25) is 5.10 Å². The average molecular weight is 236 g/mol. The molecule has 1 saturated carbocycles. The average Bonchev–Trinajstić information content (AvgIpc) is 2.78. The Kier molecular flexibility index (Phi) is 4.15. The molecule has 1 aromatic heterocycles. The van der Waals surface area contributed by atoms with Gasteiger partial charge in [0.15, 0.2) is 5.82 Å². The van der Waals surface area contributed by atoms with Gasteiger partial charge in [-0.1, -0.05) is 13.8 Å². The van der Waals surface area contributed by atoms with Crippen LogP contribution in [0, 0.1) is 11.8 Å². The summed E-state index contributed by atoms with van der Waals surface area (Å²) in [5, 5.41) is 7.33. The lowest BCUT2D eigenvalue weighted by Crippen LogP contribution is -2.18. The first-order chi connectivity index (χ1) is 8.20. The number of nitrogens with one attached hydrogen (secondary N) is 1. The summed E-state index contributed by atoms with van der Waals surface area (Å²) in [7, 11) is 0. The minimum Gasteiger partial charge on any atom is -0.330 e. The lowest BCUT2D eigenvalue weighted by Gasteiger charge is -2.29. The van der Waals surface area contributed by atoms with Crippen LogP contribution in [0.3, 0.4) is 0 Å². The first-order valence-corrected chi connectivity index (χ1v) is 6.82. The molecule has 4 nitrogen and oxygen atoms in total. The molecule has 0 aliphatic heterocycles. The van der Waals surface area contributed by atoms with Gasteiger partial charge in [-0.2, -0.15) is 5.10 Å². The Morgan fingerprint density at radius 1 is 1.29 bits per heavy atom. The van der Waals surface area contributed by atoms with E-state index >= 15 is 0 Å². The molecule has 1 fully saturated rings. The summed E-state index contributed by atoms with van der Waals surface area (Å²) in [6, 6.07) is 0. The molecule has 1 aliphatic rings. The van der Waals surface area contributed by atoms with Gasteiger partial charge in [0.05, 0.1) is 0 Å². The van der Waals surface area contributed by atoms with E-state index in [0.717, 1.165) is 29.9 Å². The topological polar surface area (TPSA) is 67.6 Å². The zero-order valence-corrected chi connectivity index (χ0v) is 10.9. The Bertz CT molecular complexity index is 337. The third kappa shape index (κ3) is 3.06. The predicted octanol–water partition coefficient (Wildman–Crippen LogP) is 2.24. The molecule has 96 valence electrons. The smallest absolute Gasteiger partial charge is 0.153 e. The maximum atomic E-state index is 5.51. The van der Waals surface area contributed by atoms with Crippen molar-refractivity contribution in [2.75, 3.05) is 6.54 Å². The minimum atomic E-state index is 0.563. The second-order valence-electron chi connectivity index (χ2n) is 5.53. The van der Waals surface area contributed by atoms with Crippen LogP contribution < -0.4 is 5.73 Å². The normalized spacial score (nSPS) is 25.4. The molecule has 17 heavy (non-hydrogen) atoms. The monoisotopic (exact) mass is 236 g/mol. The van der Waals surface area contributed by atoms with Gasteiger partial charge in [-0.25, -0.2) is 4.98 Å². The lowest BCUT2D eigenvalue weighted by molar-refractivity contribution is 0.255. The lowest BCUT2D eigenvalue weighted by atomic mass is 9.77. The number of nitrogens with two attached hydrogens (primary N) is 1. The number of aromatic nitrogens is 3. The minimum absolute atomic E-state index is 0.563. The molecule has 4 heteroatoms. The first kappa shape index (κ1) is 12.6. The maximum absolute atomic E-state index is 5.51. The molecule has 0 radical (unpaired) electrons. The quantitative estimate of drug-likeness (QED) is 0.842. The van der Waals surface area contributed by atoms with Crippen LogP contribution in [0.4, 0.5) is 0 Å². The second-order valence-corrected chi connectivity index (χ2v) is 5.53. The van der Waals surface area contributed by atoms with Crippen molar-refractivity contribution in [1.82, 2.24) is 15.2 Å². The van der Waals surface area contributed by atoms with Gasteiger partial charge in [0.25, 0.3) is 0 Å². The number of aromatic amines is 1. The van der Waals surface area contributed by atoms with Crippen LogP contribution in [0.2, 0.25) is 0 Å².